The second-order valence-electron chi connectivity index (χ2n) is 4.90. The van der Waals surface area contributed by atoms with Crippen molar-refractivity contribution in [1.29, 1.82) is 0 Å². The minimum Gasteiger partial charge on any atom is -0.466 e. The van der Waals surface area contributed by atoms with Gasteiger partial charge in [-0.15, -0.1) is 0 Å². The van der Waals surface area contributed by atoms with Crippen molar-refractivity contribution in [3.05, 3.63) is 0 Å². The fourth-order valence-corrected chi connectivity index (χ4v) is 2.43. The zero-order valence-corrected chi connectivity index (χ0v) is 11.2. The van der Waals surface area contributed by atoms with Gasteiger partial charge in [0, 0.05) is 12.5 Å². The lowest BCUT2D eigenvalue weighted by molar-refractivity contribution is -0.143. The molecule has 1 saturated carbocycles. The van der Waals surface area contributed by atoms with Crippen molar-refractivity contribution < 1.29 is 9.53 Å². The van der Waals surface area contributed by atoms with Crippen LogP contribution < -0.4 is 5.32 Å². The van der Waals surface area contributed by atoms with E-state index >= 15 is 0 Å². The van der Waals surface area contributed by atoms with E-state index in [9.17, 15) is 4.79 Å². The minimum absolute atomic E-state index is 0.0630. The van der Waals surface area contributed by atoms with Gasteiger partial charge in [0.05, 0.1) is 6.61 Å². The van der Waals surface area contributed by atoms with E-state index in [1.54, 1.807) is 0 Å². The lowest BCUT2D eigenvalue weighted by Gasteiger charge is -2.20. The van der Waals surface area contributed by atoms with Crippen LogP contribution in [-0.4, -0.2) is 25.2 Å². The third-order valence-electron chi connectivity index (χ3n) is 3.40. The van der Waals surface area contributed by atoms with E-state index in [0.29, 0.717) is 19.1 Å². The molecule has 0 heterocycles. The summed E-state index contributed by atoms with van der Waals surface area (Å²) in [6, 6.07) is 0.678. The Hall–Kier alpha value is -0.570. The summed E-state index contributed by atoms with van der Waals surface area (Å²) in [6.45, 7) is 3.29. The van der Waals surface area contributed by atoms with Gasteiger partial charge >= 0.3 is 5.97 Å². The van der Waals surface area contributed by atoms with Crippen LogP contribution in [0.15, 0.2) is 0 Å². The Morgan fingerprint density at radius 3 is 2.47 bits per heavy atom. The van der Waals surface area contributed by atoms with E-state index in [4.69, 9.17) is 4.74 Å². The van der Waals surface area contributed by atoms with E-state index < -0.39 is 0 Å². The van der Waals surface area contributed by atoms with Crippen LogP contribution in [-0.2, 0) is 9.53 Å². The summed E-state index contributed by atoms with van der Waals surface area (Å²) in [5.74, 6) is -0.0630. The van der Waals surface area contributed by atoms with Crippen molar-refractivity contribution in [2.24, 2.45) is 0 Å². The van der Waals surface area contributed by atoms with Gasteiger partial charge in [-0.1, -0.05) is 32.1 Å². The van der Waals surface area contributed by atoms with Gasteiger partial charge in [0.2, 0.25) is 0 Å². The molecule has 17 heavy (non-hydrogen) atoms. The maximum absolute atomic E-state index is 11.1. The molecule has 100 valence electrons. The average Bonchev–Trinajstić information content (AvgIpc) is 2.26. The second-order valence-corrected chi connectivity index (χ2v) is 4.90. The van der Waals surface area contributed by atoms with E-state index in [0.717, 1.165) is 13.0 Å². The third kappa shape index (κ3) is 7.37. The highest BCUT2D eigenvalue weighted by Gasteiger charge is 2.10. The standard InChI is InChI=1S/C14H27NO2/c1-2-17-14(16)11-8-12-15-13-9-6-4-3-5-7-10-13/h13,15H,2-12H2,1H3. The molecule has 1 fully saturated rings. The van der Waals surface area contributed by atoms with Crippen LogP contribution in [0.1, 0.15) is 64.7 Å². The zero-order chi connectivity index (χ0) is 12.3. The van der Waals surface area contributed by atoms with Crippen LogP contribution in [0, 0.1) is 0 Å². The first-order chi connectivity index (χ1) is 8.33. The first kappa shape index (κ1) is 14.5. The average molecular weight is 241 g/mol. The maximum Gasteiger partial charge on any atom is 0.305 e. The summed E-state index contributed by atoms with van der Waals surface area (Å²) in [5, 5.41) is 3.58. The van der Waals surface area contributed by atoms with Crippen molar-refractivity contribution in [3.8, 4) is 0 Å². The molecule has 1 aliphatic rings. The molecule has 0 aromatic rings. The summed E-state index contributed by atoms with van der Waals surface area (Å²) in [4.78, 5) is 11.1. The molecule has 1 rings (SSSR count). The SMILES string of the molecule is CCOC(=O)CCCNC1CCCCCCC1. The Morgan fingerprint density at radius 2 is 1.82 bits per heavy atom. The van der Waals surface area contributed by atoms with Crippen LogP contribution in [0.4, 0.5) is 0 Å². The molecule has 1 N–H and O–H groups in total. The molecule has 0 saturated heterocycles. The molecule has 0 aliphatic heterocycles. The Labute approximate surface area is 105 Å². The van der Waals surface area contributed by atoms with E-state index in [-0.39, 0.29) is 5.97 Å². The van der Waals surface area contributed by atoms with Crippen molar-refractivity contribution in [1.82, 2.24) is 5.32 Å². The molecule has 0 radical (unpaired) electrons. The molecule has 0 unspecified atom stereocenters. The van der Waals surface area contributed by atoms with E-state index in [1.165, 1.54) is 44.9 Å². The van der Waals surface area contributed by atoms with E-state index in [1.807, 2.05) is 6.92 Å². The number of esters is 1. The molecule has 0 aromatic heterocycles. The molecular weight excluding hydrogens is 214 g/mol. The maximum atomic E-state index is 11.1. The molecule has 1 aliphatic carbocycles. The quantitative estimate of drug-likeness (QED) is 0.574. The van der Waals surface area contributed by atoms with Gasteiger partial charge < -0.3 is 10.1 Å². The van der Waals surface area contributed by atoms with Crippen LogP contribution in [0.2, 0.25) is 0 Å². The monoisotopic (exact) mass is 241 g/mol. The second kappa shape index (κ2) is 9.46. The summed E-state index contributed by atoms with van der Waals surface area (Å²) in [6.07, 6.45) is 11.0. The summed E-state index contributed by atoms with van der Waals surface area (Å²) in [7, 11) is 0. The topological polar surface area (TPSA) is 38.3 Å². The Bertz CT molecular complexity index is 198. The van der Waals surface area contributed by atoms with Crippen molar-refractivity contribution in [2.75, 3.05) is 13.2 Å². The molecule has 0 aromatic carbocycles. The van der Waals surface area contributed by atoms with Crippen LogP contribution >= 0.6 is 0 Å². The molecule has 0 spiro atoms. The van der Waals surface area contributed by atoms with Crippen molar-refractivity contribution >= 4 is 5.97 Å². The summed E-state index contributed by atoms with van der Waals surface area (Å²) < 4.78 is 4.90. The predicted molar refractivity (Wildman–Crippen MR) is 70.0 cm³/mol. The fraction of sp³-hybridized carbons (Fsp3) is 0.929. The Kier molecular flexibility index (Phi) is 8.06. The molecule has 0 bridgehead atoms. The first-order valence-corrected chi connectivity index (χ1v) is 7.22. The number of nitrogens with one attached hydrogen (secondary N) is 1. The van der Waals surface area contributed by atoms with Gasteiger partial charge in [-0.2, -0.15) is 0 Å². The van der Waals surface area contributed by atoms with Gasteiger partial charge in [-0.3, -0.25) is 4.79 Å². The van der Waals surface area contributed by atoms with Crippen LogP contribution in [0.3, 0.4) is 0 Å². The first-order valence-electron chi connectivity index (χ1n) is 7.22. The number of ether oxygens (including phenoxy) is 1. The highest BCUT2D eigenvalue weighted by molar-refractivity contribution is 5.69. The smallest absolute Gasteiger partial charge is 0.305 e. The predicted octanol–water partition coefficient (Wildman–Crippen LogP) is 3.03. The molecular formula is C14H27NO2. The summed E-state index contributed by atoms with van der Waals surface area (Å²) >= 11 is 0. The zero-order valence-electron chi connectivity index (χ0n) is 11.2. The molecule has 0 atom stereocenters. The highest BCUT2D eigenvalue weighted by atomic mass is 16.5. The third-order valence-corrected chi connectivity index (χ3v) is 3.40. The summed E-state index contributed by atoms with van der Waals surface area (Å²) in [5.41, 5.74) is 0. The van der Waals surface area contributed by atoms with E-state index in [2.05, 4.69) is 5.32 Å². The largest absolute Gasteiger partial charge is 0.466 e. The normalized spacial score (nSPS) is 18.4. The number of carbonyl (C=O) groups is 1. The van der Waals surface area contributed by atoms with Gasteiger partial charge in [-0.25, -0.2) is 0 Å². The van der Waals surface area contributed by atoms with Crippen LogP contribution in [0.5, 0.6) is 0 Å². The van der Waals surface area contributed by atoms with Gasteiger partial charge in [0.15, 0.2) is 0 Å². The Balaban J connectivity index is 2.02. The lowest BCUT2D eigenvalue weighted by atomic mass is 9.97. The molecule has 3 nitrogen and oxygen atoms in total. The van der Waals surface area contributed by atoms with Gasteiger partial charge in [0.25, 0.3) is 0 Å². The number of hydrogen-bond acceptors (Lipinski definition) is 3. The number of rotatable bonds is 6. The van der Waals surface area contributed by atoms with Crippen LogP contribution in [0.25, 0.3) is 0 Å². The number of carbonyl (C=O) groups excluding carboxylic acids is 1. The lowest BCUT2D eigenvalue weighted by Crippen LogP contribution is -2.30. The van der Waals surface area contributed by atoms with Gasteiger partial charge in [0.1, 0.15) is 0 Å². The minimum atomic E-state index is -0.0630. The van der Waals surface area contributed by atoms with Crippen molar-refractivity contribution in [3.63, 3.8) is 0 Å². The fourth-order valence-electron chi connectivity index (χ4n) is 2.43. The highest BCUT2D eigenvalue weighted by Crippen LogP contribution is 2.16. The number of hydrogen-bond donors (Lipinski definition) is 1. The Morgan fingerprint density at radius 1 is 1.18 bits per heavy atom. The van der Waals surface area contributed by atoms with Gasteiger partial charge in [-0.05, 0) is 32.7 Å². The molecule has 0 amide bonds. The molecule has 3 heteroatoms. The van der Waals surface area contributed by atoms with Crippen molar-refractivity contribution in [2.45, 2.75) is 70.8 Å².